The van der Waals surface area contributed by atoms with Crippen molar-refractivity contribution >= 4 is 11.6 Å². The second-order valence-corrected chi connectivity index (χ2v) is 5.61. The highest BCUT2D eigenvalue weighted by atomic mass is 19.1. The van der Waals surface area contributed by atoms with Gasteiger partial charge in [0.1, 0.15) is 5.82 Å². The van der Waals surface area contributed by atoms with Crippen LogP contribution in [0.25, 0.3) is 0 Å². The summed E-state index contributed by atoms with van der Waals surface area (Å²) >= 11 is 0. The van der Waals surface area contributed by atoms with Crippen molar-refractivity contribution in [3.63, 3.8) is 0 Å². The second kappa shape index (κ2) is 6.70. The number of rotatable bonds is 4. The van der Waals surface area contributed by atoms with Gasteiger partial charge in [0.2, 0.25) is 0 Å². The van der Waals surface area contributed by atoms with E-state index in [9.17, 15) is 9.18 Å². The van der Waals surface area contributed by atoms with Gasteiger partial charge >= 0.3 is 0 Å². The molecule has 1 heterocycles. The smallest absolute Gasteiger partial charge is 0.275 e. The van der Waals surface area contributed by atoms with E-state index < -0.39 is 0 Å². The predicted octanol–water partition coefficient (Wildman–Crippen LogP) is 0.0552. The summed E-state index contributed by atoms with van der Waals surface area (Å²) in [4.78, 5) is 15.3. The molecule has 2 N–H and O–H groups in total. The fourth-order valence-corrected chi connectivity index (χ4v) is 2.51. The van der Waals surface area contributed by atoms with E-state index >= 15 is 0 Å². The van der Waals surface area contributed by atoms with Crippen molar-refractivity contribution in [1.29, 1.82) is 0 Å². The van der Waals surface area contributed by atoms with Crippen LogP contribution in [0.4, 0.5) is 10.1 Å². The van der Waals surface area contributed by atoms with Crippen LogP contribution in [0, 0.1) is 5.82 Å². The summed E-state index contributed by atoms with van der Waals surface area (Å²) in [5.41, 5.74) is 1.05. The first-order chi connectivity index (χ1) is 9.54. The van der Waals surface area contributed by atoms with Gasteiger partial charge in [0.05, 0.1) is 26.2 Å². The quantitative estimate of drug-likeness (QED) is 0.818. The molecule has 0 bridgehead atoms. The normalized spacial score (nSPS) is 16.5. The number of piperazine rings is 1. The molecule has 1 aromatic rings. The Labute approximate surface area is 119 Å². The Morgan fingerprint density at radius 3 is 2.45 bits per heavy atom. The minimum atomic E-state index is -0.205. The van der Waals surface area contributed by atoms with Crippen molar-refractivity contribution < 1.29 is 14.1 Å². The third kappa shape index (κ3) is 4.20. The van der Waals surface area contributed by atoms with Crippen LogP contribution in [0.5, 0.6) is 0 Å². The molecular weight excluding hydrogens is 257 g/mol. The zero-order chi connectivity index (χ0) is 14.5. The number of hydrogen-bond donors (Lipinski definition) is 2. The summed E-state index contributed by atoms with van der Waals surface area (Å²) in [6.07, 6.45) is 0. The number of anilines is 1. The van der Waals surface area contributed by atoms with Gasteiger partial charge in [-0.25, -0.2) is 4.39 Å². The van der Waals surface area contributed by atoms with Crippen molar-refractivity contribution in [2.45, 2.75) is 19.9 Å². The van der Waals surface area contributed by atoms with Crippen LogP contribution in [-0.4, -0.2) is 44.7 Å². The van der Waals surface area contributed by atoms with Crippen LogP contribution in [-0.2, 0) is 4.79 Å². The summed E-state index contributed by atoms with van der Waals surface area (Å²) < 4.78 is 12.9. The molecule has 5 heteroatoms. The van der Waals surface area contributed by atoms with Gasteiger partial charge in [-0.1, -0.05) is 0 Å². The highest BCUT2D eigenvalue weighted by molar-refractivity contribution is 5.77. The molecule has 0 saturated carbocycles. The fourth-order valence-electron chi connectivity index (χ4n) is 2.51. The molecule has 0 unspecified atom stereocenters. The van der Waals surface area contributed by atoms with E-state index in [-0.39, 0.29) is 17.8 Å². The lowest BCUT2D eigenvalue weighted by Crippen LogP contribution is -3.16. The number of nitrogens with one attached hydrogen (secondary N) is 2. The largest absolute Gasteiger partial charge is 0.360 e. The Hall–Kier alpha value is -1.62. The average Bonchev–Trinajstić information content (AvgIpc) is 2.39. The van der Waals surface area contributed by atoms with Crippen molar-refractivity contribution in [1.82, 2.24) is 5.32 Å². The minimum Gasteiger partial charge on any atom is -0.360 e. The first kappa shape index (κ1) is 14.8. The zero-order valence-electron chi connectivity index (χ0n) is 12.2. The molecule has 1 aromatic carbocycles. The monoisotopic (exact) mass is 280 g/mol. The zero-order valence-corrected chi connectivity index (χ0v) is 12.2. The maximum atomic E-state index is 12.9. The topological polar surface area (TPSA) is 36.8 Å². The summed E-state index contributed by atoms with van der Waals surface area (Å²) in [6.45, 7) is 8.15. The molecule has 0 atom stereocenters. The molecule has 2 rings (SSSR count). The lowest BCUT2D eigenvalue weighted by molar-refractivity contribution is -0.892. The summed E-state index contributed by atoms with van der Waals surface area (Å²) in [6, 6.07) is 6.80. The number of carbonyl (C=O) groups is 1. The van der Waals surface area contributed by atoms with Crippen LogP contribution in [0.3, 0.4) is 0 Å². The average molecular weight is 280 g/mol. The molecule has 4 nitrogen and oxygen atoms in total. The lowest BCUT2D eigenvalue weighted by Gasteiger charge is -2.33. The van der Waals surface area contributed by atoms with Gasteiger partial charge in [-0.05, 0) is 38.1 Å². The number of benzene rings is 1. The molecule has 1 aliphatic rings. The molecule has 1 saturated heterocycles. The standard InChI is InChI=1S/C15H22FN3O/c1-12(2)17-15(20)11-18-7-9-19(10-8-18)14-5-3-13(16)4-6-14/h3-6,12H,7-11H2,1-2H3,(H,17,20)/p+1. The Balaban J connectivity index is 1.80. The molecule has 0 spiro atoms. The van der Waals surface area contributed by atoms with Crippen molar-refractivity contribution in [2.24, 2.45) is 0 Å². The molecule has 0 aliphatic carbocycles. The van der Waals surface area contributed by atoms with Crippen molar-refractivity contribution in [3.8, 4) is 0 Å². The lowest BCUT2D eigenvalue weighted by atomic mass is 10.2. The number of halogens is 1. The number of quaternary nitrogens is 1. The van der Waals surface area contributed by atoms with E-state index in [1.165, 1.54) is 17.0 Å². The number of nitrogens with zero attached hydrogens (tertiary/aromatic N) is 1. The molecule has 110 valence electrons. The van der Waals surface area contributed by atoms with Gasteiger partial charge in [0.25, 0.3) is 5.91 Å². The van der Waals surface area contributed by atoms with E-state index in [1.807, 2.05) is 26.0 Å². The van der Waals surface area contributed by atoms with E-state index in [4.69, 9.17) is 0 Å². The van der Waals surface area contributed by atoms with E-state index in [1.54, 1.807) is 0 Å². The molecule has 0 radical (unpaired) electrons. The van der Waals surface area contributed by atoms with E-state index in [0.29, 0.717) is 6.54 Å². The third-order valence-electron chi connectivity index (χ3n) is 3.52. The molecule has 0 aromatic heterocycles. The number of hydrogen-bond acceptors (Lipinski definition) is 2. The first-order valence-corrected chi connectivity index (χ1v) is 7.18. The van der Waals surface area contributed by atoms with Gasteiger partial charge in [-0.15, -0.1) is 0 Å². The third-order valence-corrected chi connectivity index (χ3v) is 3.52. The Bertz CT molecular complexity index is 439. The Morgan fingerprint density at radius 1 is 1.30 bits per heavy atom. The highest BCUT2D eigenvalue weighted by Crippen LogP contribution is 2.14. The van der Waals surface area contributed by atoms with Crippen molar-refractivity contribution in [2.75, 3.05) is 37.6 Å². The Morgan fingerprint density at radius 2 is 1.90 bits per heavy atom. The summed E-state index contributed by atoms with van der Waals surface area (Å²) in [5.74, 6) is -0.0893. The molecule has 20 heavy (non-hydrogen) atoms. The van der Waals surface area contributed by atoms with Gasteiger partial charge in [-0.3, -0.25) is 4.79 Å². The maximum Gasteiger partial charge on any atom is 0.275 e. The van der Waals surface area contributed by atoms with Crippen molar-refractivity contribution in [3.05, 3.63) is 30.1 Å². The van der Waals surface area contributed by atoms with E-state index in [2.05, 4.69) is 10.2 Å². The summed E-state index contributed by atoms with van der Waals surface area (Å²) in [5, 5.41) is 2.92. The minimum absolute atomic E-state index is 0.116. The van der Waals surface area contributed by atoms with Crippen LogP contribution in [0.15, 0.2) is 24.3 Å². The molecule has 1 aliphatic heterocycles. The predicted molar refractivity (Wildman–Crippen MR) is 77.5 cm³/mol. The first-order valence-electron chi connectivity index (χ1n) is 7.18. The van der Waals surface area contributed by atoms with E-state index in [0.717, 1.165) is 31.9 Å². The second-order valence-electron chi connectivity index (χ2n) is 5.61. The van der Waals surface area contributed by atoms with Gasteiger partial charge < -0.3 is 15.1 Å². The van der Waals surface area contributed by atoms with Crippen LogP contribution in [0.1, 0.15) is 13.8 Å². The molecule has 1 amide bonds. The Kier molecular flexibility index (Phi) is 4.95. The van der Waals surface area contributed by atoms with Gasteiger partial charge in [-0.2, -0.15) is 0 Å². The molecule has 1 fully saturated rings. The molecular formula is C15H23FN3O+. The van der Waals surface area contributed by atoms with Gasteiger partial charge in [0, 0.05) is 11.7 Å². The maximum absolute atomic E-state index is 12.9. The summed E-state index contributed by atoms with van der Waals surface area (Å²) in [7, 11) is 0. The van der Waals surface area contributed by atoms with Crippen LogP contribution >= 0.6 is 0 Å². The van der Waals surface area contributed by atoms with Crippen LogP contribution in [0.2, 0.25) is 0 Å². The highest BCUT2D eigenvalue weighted by Gasteiger charge is 2.22. The SMILES string of the molecule is CC(C)NC(=O)C[NH+]1CCN(c2ccc(F)cc2)CC1. The van der Waals surface area contributed by atoms with Gasteiger partial charge in [0.15, 0.2) is 6.54 Å². The number of amides is 1. The number of carbonyl (C=O) groups excluding carboxylic acids is 1. The van der Waals surface area contributed by atoms with Crippen LogP contribution < -0.4 is 15.1 Å². The fraction of sp³-hybridized carbons (Fsp3) is 0.533.